The molecule has 2 aromatic carbocycles. The molecule has 0 saturated heterocycles. The van der Waals surface area contributed by atoms with E-state index in [1.54, 1.807) is 0 Å². The van der Waals surface area contributed by atoms with Gasteiger partial charge in [0, 0.05) is 0 Å². The first-order valence-corrected chi connectivity index (χ1v) is 10.7. The molecule has 2 aromatic rings. The van der Waals surface area contributed by atoms with Crippen LogP contribution in [0, 0.1) is 5.92 Å². The predicted molar refractivity (Wildman–Crippen MR) is 117 cm³/mol. The highest BCUT2D eigenvalue weighted by Crippen LogP contribution is 2.29. The highest BCUT2D eigenvalue weighted by molar-refractivity contribution is 5.82. The predicted octanol–water partition coefficient (Wildman–Crippen LogP) is 6.48. The molecule has 0 spiro atoms. The Morgan fingerprint density at radius 2 is 1.86 bits per heavy atom. The molecule has 1 aliphatic rings. The molecule has 0 aromatic heterocycles. The third-order valence-electron chi connectivity index (χ3n) is 5.69. The Kier molecular flexibility index (Phi) is 7.47. The number of carbonyl (C=O) groups is 1. The Morgan fingerprint density at radius 3 is 2.64 bits per heavy atom. The van der Waals surface area contributed by atoms with Crippen LogP contribution in [0.25, 0.3) is 11.6 Å². The van der Waals surface area contributed by atoms with Gasteiger partial charge in [0.05, 0.1) is 12.5 Å². The van der Waals surface area contributed by atoms with Gasteiger partial charge in [0.15, 0.2) is 0 Å². The van der Waals surface area contributed by atoms with Crippen molar-refractivity contribution in [3.63, 3.8) is 0 Å². The minimum atomic E-state index is -0.0701. The molecule has 0 fully saturated rings. The fourth-order valence-corrected chi connectivity index (χ4v) is 3.70. The van der Waals surface area contributed by atoms with Crippen LogP contribution in [0.15, 0.2) is 48.5 Å². The Hall–Kier alpha value is -2.35. The van der Waals surface area contributed by atoms with E-state index in [9.17, 15) is 4.79 Å². The molecule has 2 nitrogen and oxygen atoms in total. The molecule has 1 atom stereocenters. The van der Waals surface area contributed by atoms with E-state index in [0.29, 0.717) is 6.61 Å². The zero-order chi connectivity index (χ0) is 19.8. The zero-order valence-corrected chi connectivity index (χ0v) is 17.2. The first kappa shape index (κ1) is 20.4. The maximum absolute atomic E-state index is 11.8. The molecule has 0 radical (unpaired) electrons. The molecule has 0 N–H and O–H groups in total. The zero-order valence-electron chi connectivity index (χ0n) is 17.2. The molecular weight excluding hydrogens is 344 g/mol. The minimum absolute atomic E-state index is 0.00188. The number of aryl methyl sites for hydroxylation is 2. The largest absolute Gasteiger partial charge is 0.465 e. The van der Waals surface area contributed by atoms with Crippen molar-refractivity contribution in [3.8, 4) is 0 Å². The number of benzene rings is 2. The standard InChI is InChI=1S/C26H32O2/c1-3-20(2)26(27)28-17-9-10-21-15-16-25-19-24(22-11-5-4-6-12-22)14-8-7-13-23(25)18-21/h4-6,11-12,15-16,18-20H,3,7-10,13-14,17H2,1-2H3/b24-19+. The maximum atomic E-state index is 11.8. The number of fused-ring (bicyclic) bond motifs is 1. The molecule has 0 amide bonds. The van der Waals surface area contributed by atoms with Gasteiger partial charge in [-0.15, -0.1) is 0 Å². The third kappa shape index (κ3) is 5.58. The summed E-state index contributed by atoms with van der Waals surface area (Å²) in [5.74, 6) is -0.0683. The lowest BCUT2D eigenvalue weighted by atomic mass is 9.89. The highest BCUT2D eigenvalue weighted by atomic mass is 16.5. The average Bonchev–Trinajstić information content (AvgIpc) is 2.72. The Bertz CT molecular complexity index is 804. The summed E-state index contributed by atoms with van der Waals surface area (Å²) in [5, 5.41) is 0. The number of carbonyl (C=O) groups excluding carboxylic acids is 1. The van der Waals surface area contributed by atoms with E-state index in [2.05, 4.69) is 54.6 Å². The van der Waals surface area contributed by atoms with Crippen molar-refractivity contribution in [2.45, 2.75) is 58.8 Å². The van der Waals surface area contributed by atoms with E-state index in [1.165, 1.54) is 40.7 Å². The van der Waals surface area contributed by atoms with Crippen molar-refractivity contribution >= 4 is 17.6 Å². The maximum Gasteiger partial charge on any atom is 0.308 e. The average molecular weight is 377 g/mol. The molecule has 28 heavy (non-hydrogen) atoms. The van der Waals surface area contributed by atoms with E-state index in [0.717, 1.165) is 32.1 Å². The van der Waals surface area contributed by atoms with Crippen LogP contribution >= 0.6 is 0 Å². The molecule has 1 unspecified atom stereocenters. The fourth-order valence-electron chi connectivity index (χ4n) is 3.70. The van der Waals surface area contributed by atoms with Gasteiger partial charge in [0.1, 0.15) is 0 Å². The quantitative estimate of drug-likeness (QED) is 0.408. The molecule has 3 rings (SSSR count). The van der Waals surface area contributed by atoms with E-state index in [4.69, 9.17) is 4.74 Å². The van der Waals surface area contributed by atoms with E-state index >= 15 is 0 Å². The number of ether oxygens (including phenoxy) is 1. The monoisotopic (exact) mass is 376 g/mol. The van der Waals surface area contributed by atoms with Crippen molar-refractivity contribution < 1.29 is 9.53 Å². The molecule has 0 saturated carbocycles. The first-order chi connectivity index (χ1) is 13.7. The number of allylic oxidation sites excluding steroid dienone is 1. The minimum Gasteiger partial charge on any atom is -0.465 e. The summed E-state index contributed by atoms with van der Waals surface area (Å²) in [6.07, 6.45) is 9.80. The lowest BCUT2D eigenvalue weighted by Gasteiger charge is -2.16. The smallest absolute Gasteiger partial charge is 0.308 e. The molecule has 148 valence electrons. The lowest BCUT2D eigenvalue weighted by Crippen LogP contribution is -2.14. The van der Waals surface area contributed by atoms with Gasteiger partial charge in [-0.1, -0.05) is 68.5 Å². The van der Waals surface area contributed by atoms with Gasteiger partial charge in [0.25, 0.3) is 0 Å². The van der Waals surface area contributed by atoms with Crippen LogP contribution in [0.5, 0.6) is 0 Å². The second-order valence-electron chi connectivity index (χ2n) is 7.86. The summed E-state index contributed by atoms with van der Waals surface area (Å²) in [5.41, 5.74) is 6.91. The van der Waals surface area contributed by atoms with Crippen molar-refractivity contribution in [2.75, 3.05) is 6.61 Å². The number of esters is 1. The van der Waals surface area contributed by atoms with Crippen LogP contribution in [-0.4, -0.2) is 12.6 Å². The van der Waals surface area contributed by atoms with Gasteiger partial charge >= 0.3 is 5.97 Å². The topological polar surface area (TPSA) is 26.3 Å². The molecule has 0 bridgehead atoms. The Morgan fingerprint density at radius 1 is 1.07 bits per heavy atom. The van der Waals surface area contributed by atoms with Gasteiger partial charge < -0.3 is 4.74 Å². The van der Waals surface area contributed by atoms with Crippen LogP contribution in [0.2, 0.25) is 0 Å². The van der Waals surface area contributed by atoms with Crippen molar-refractivity contribution in [1.29, 1.82) is 0 Å². The van der Waals surface area contributed by atoms with Crippen LogP contribution in [-0.2, 0) is 22.4 Å². The summed E-state index contributed by atoms with van der Waals surface area (Å²) in [4.78, 5) is 11.8. The molecule has 1 aliphatic carbocycles. The van der Waals surface area contributed by atoms with Gasteiger partial charge in [0.2, 0.25) is 0 Å². The van der Waals surface area contributed by atoms with Gasteiger partial charge in [-0.3, -0.25) is 4.79 Å². The van der Waals surface area contributed by atoms with Crippen LogP contribution < -0.4 is 0 Å². The summed E-state index contributed by atoms with van der Waals surface area (Å²) < 4.78 is 5.38. The van der Waals surface area contributed by atoms with E-state index in [1.807, 2.05) is 13.8 Å². The molecule has 2 heteroatoms. The first-order valence-electron chi connectivity index (χ1n) is 10.7. The van der Waals surface area contributed by atoms with Crippen LogP contribution in [0.1, 0.15) is 68.2 Å². The summed E-state index contributed by atoms with van der Waals surface area (Å²) >= 11 is 0. The molecule has 0 aliphatic heterocycles. The Balaban J connectivity index is 1.65. The second-order valence-corrected chi connectivity index (χ2v) is 7.86. The Labute approximate surface area is 169 Å². The fraction of sp³-hybridized carbons (Fsp3) is 0.423. The van der Waals surface area contributed by atoms with Gasteiger partial charge in [-0.2, -0.15) is 0 Å². The van der Waals surface area contributed by atoms with Gasteiger partial charge in [-0.25, -0.2) is 0 Å². The van der Waals surface area contributed by atoms with Crippen LogP contribution in [0.3, 0.4) is 0 Å². The third-order valence-corrected chi connectivity index (χ3v) is 5.69. The second kappa shape index (κ2) is 10.3. The van der Waals surface area contributed by atoms with Gasteiger partial charge in [-0.05, 0) is 72.8 Å². The number of rotatable bonds is 7. The van der Waals surface area contributed by atoms with E-state index < -0.39 is 0 Å². The lowest BCUT2D eigenvalue weighted by molar-refractivity contribution is -0.148. The van der Waals surface area contributed by atoms with Crippen molar-refractivity contribution in [3.05, 3.63) is 70.8 Å². The molecular formula is C26H32O2. The summed E-state index contributed by atoms with van der Waals surface area (Å²) in [7, 11) is 0. The van der Waals surface area contributed by atoms with Crippen molar-refractivity contribution in [2.24, 2.45) is 5.92 Å². The summed E-state index contributed by atoms with van der Waals surface area (Å²) in [6.45, 7) is 4.45. The highest BCUT2D eigenvalue weighted by Gasteiger charge is 2.12. The summed E-state index contributed by atoms with van der Waals surface area (Å²) in [6, 6.07) is 17.6. The van der Waals surface area contributed by atoms with E-state index in [-0.39, 0.29) is 11.9 Å². The number of hydrogen-bond donors (Lipinski definition) is 0. The normalized spacial score (nSPS) is 16.9. The SMILES string of the molecule is CCC(C)C(=O)OCCCc1ccc2c(c1)CCCC/C(c1ccccc1)=C\2. The number of hydrogen-bond acceptors (Lipinski definition) is 2. The van der Waals surface area contributed by atoms with Crippen LogP contribution in [0.4, 0.5) is 0 Å². The molecule has 0 heterocycles. The van der Waals surface area contributed by atoms with Crippen molar-refractivity contribution in [1.82, 2.24) is 0 Å².